The molecule has 2 aliphatic rings. The number of hydrogen-bond donors (Lipinski definition) is 6. The van der Waals surface area contributed by atoms with Gasteiger partial charge in [-0.3, -0.25) is 19.2 Å². The summed E-state index contributed by atoms with van der Waals surface area (Å²) in [6.07, 6.45) is -5.03. The number of carbonyl (C=O) groups is 5. The molecular formula is C28H34F3N3O9. The van der Waals surface area contributed by atoms with E-state index in [9.17, 15) is 47.7 Å². The monoisotopic (exact) mass is 613 g/mol. The first-order valence-corrected chi connectivity index (χ1v) is 12.9. The van der Waals surface area contributed by atoms with Crippen molar-refractivity contribution in [2.75, 3.05) is 25.5 Å². The average Bonchev–Trinajstić information content (AvgIpc) is 2.85. The fraction of sp³-hybridized carbons (Fsp3) is 0.464. The Hall–Kier alpha value is -4.40. The number of benzene rings is 1. The van der Waals surface area contributed by atoms with Crippen molar-refractivity contribution in [3.63, 3.8) is 0 Å². The molecular weight excluding hydrogens is 579 g/mol. The molecule has 0 radical (unpaired) electrons. The van der Waals surface area contributed by atoms with Crippen LogP contribution in [0.3, 0.4) is 0 Å². The molecule has 12 nitrogen and oxygen atoms in total. The molecule has 1 atom stereocenters. The van der Waals surface area contributed by atoms with Crippen LogP contribution in [-0.2, 0) is 32.1 Å². The minimum Gasteiger partial charge on any atom is -0.507 e. The second-order valence-corrected chi connectivity index (χ2v) is 11.6. The van der Waals surface area contributed by atoms with E-state index in [-0.39, 0.29) is 47.3 Å². The van der Waals surface area contributed by atoms with Gasteiger partial charge in [0, 0.05) is 50.4 Å². The normalized spacial score (nSPS) is 17.4. The zero-order valence-electron chi connectivity index (χ0n) is 24.2. The Morgan fingerprint density at radius 2 is 1.58 bits per heavy atom. The highest BCUT2D eigenvalue weighted by atomic mass is 19.4. The summed E-state index contributed by atoms with van der Waals surface area (Å²) in [5.41, 5.74) is 5.92. The summed E-state index contributed by atoms with van der Waals surface area (Å²) in [6, 6.07) is 1.82. The predicted octanol–water partition coefficient (Wildman–Crippen LogP) is 2.62. The maximum absolute atomic E-state index is 13.2. The van der Waals surface area contributed by atoms with Gasteiger partial charge in [-0.05, 0) is 35.8 Å². The number of fused-ring (bicyclic) bond motifs is 1. The molecule has 0 saturated heterocycles. The van der Waals surface area contributed by atoms with E-state index in [0.29, 0.717) is 24.2 Å². The molecule has 0 aromatic heterocycles. The summed E-state index contributed by atoms with van der Waals surface area (Å²) in [5, 5.41) is 41.8. The van der Waals surface area contributed by atoms with Gasteiger partial charge in [-0.15, -0.1) is 0 Å². The molecule has 0 fully saturated rings. The number of nitrogens with one attached hydrogen (secondary N) is 1. The van der Waals surface area contributed by atoms with E-state index in [2.05, 4.69) is 26.1 Å². The number of aliphatic hydroxyl groups excluding tert-OH is 2. The third kappa shape index (κ3) is 8.12. The van der Waals surface area contributed by atoms with Crippen molar-refractivity contribution >= 4 is 34.9 Å². The van der Waals surface area contributed by atoms with Crippen LogP contribution in [0.2, 0.25) is 0 Å². The van der Waals surface area contributed by atoms with Crippen LogP contribution in [0.4, 0.5) is 18.9 Å². The Kier molecular flexibility index (Phi) is 10.4. The lowest BCUT2D eigenvalue weighted by Crippen LogP contribution is -2.33. The number of nitrogens with zero attached hydrogens (tertiary/aromatic N) is 1. The largest absolute Gasteiger partial charge is 0.507 e. The predicted molar refractivity (Wildman–Crippen MR) is 147 cm³/mol. The average molecular weight is 614 g/mol. The second-order valence-electron chi connectivity index (χ2n) is 11.6. The minimum absolute atomic E-state index is 0.0389. The molecule has 236 valence electrons. The molecule has 1 aromatic rings. The van der Waals surface area contributed by atoms with E-state index in [4.69, 9.17) is 15.6 Å². The number of nitrogens with two attached hydrogens (primary N) is 1. The number of primary amides is 1. The number of ketones is 3. The van der Waals surface area contributed by atoms with Crippen molar-refractivity contribution in [2.24, 2.45) is 17.1 Å². The molecule has 1 amide bonds. The summed E-state index contributed by atoms with van der Waals surface area (Å²) in [7, 11) is 3.64. The molecule has 2 aliphatic carbocycles. The first-order valence-electron chi connectivity index (χ1n) is 12.9. The maximum Gasteiger partial charge on any atom is 0.490 e. The van der Waals surface area contributed by atoms with Crippen LogP contribution in [0.5, 0.6) is 5.75 Å². The van der Waals surface area contributed by atoms with Gasteiger partial charge in [0.05, 0.1) is 5.56 Å². The van der Waals surface area contributed by atoms with Crippen molar-refractivity contribution in [1.29, 1.82) is 0 Å². The van der Waals surface area contributed by atoms with Crippen LogP contribution >= 0.6 is 0 Å². The van der Waals surface area contributed by atoms with Crippen LogP contribution in [0.25, 0.3) is 0 Å². The Morgan fingerprint density at radius 1 is 1.02 bits per heavy atom. The zero-order valence-corrected chi connectivity index (χ0v) is 24.2. The van der Waals surface area contributed by atoms with Gasteiger partial charge in [0.2, 0.25) is 11.6 Å². The van der Waals surface area contributed by atoms with Crippen LogP contribution in [0, 0.1) is 11.3 Å². The number of carbonyl (C=O) groups excluding carboxylic acids is 4. The number of aliphatic carboxylic acids is 1. The fourth-order valence-corrected chi connectivity index (χ4v) is 4.67. The maximum atomic E-state index is 13.2. The second kappa shape index (κ2) is 12.9. The number of carboxylic acids is 1. The number of aromatic hydroxyl groups is 1. The van der Waals surface area contributed by atoms with Crippen molar-refractivity contribution in [2.45, 2.75) is 52.8 Å². The molecule has 43 heavy (non-hydrogen) atoms. The summed E-state index contributed by atoms with van der Waals surface area (Å²) in [5.74, 6) is -9.35. The third-order valence-electron chi connectivity index (χ3n) is 6.60. The molecule has 0 heterocycles. The molecule has 0 spiro atoms. The highest BCUT2D eigenvalue weighted by molar-refractivity contribution is 6.33. The first-order chi connectivity index (χ1) is 19.6. The van der Waals surface area contributed by atoms with E-state index in [1.165, 1.54) is 0 Å². The number of hydrogen-bond acceptors (Lipinski definition) is 10. The van der Waals surface area contributed by atoms with Crippen molar-refractivity contribution in [1.82, 2.24) is 5.32 Å². The topological polar surface area (TPSA) is 208 Å². The van der Waals surface area contributed by atoms with Gasteiger partial charge >= 0.3 is 12.1 Å². The van der Waals surface area contributed by atoms with Gasteiger partial charge in [0.1, 0.15) is 11.3 Å². The summed E-state index contributed by atoms with van der Waals surface area (Å²) < 4.78 is 31.7. The number of rotatable bonds is 7. The number of alkyl halides is 3. The van der Waals surface area contributed by atoms with Crippen LogP contribution in [0.15, 0.2) is 28.7 Å². The Bertz CT molecular complexity index is 1420. The van der Waals surface area contributed by atoms with Crippen molar-refractivity contribution < 1.29 is 57.6 Å². The molecule has 0 unspecified atom stereocenters. The van der Waals surface area contributed by atoms with E-state index in [1.54, 1.807) is 0 Å². The standard InChI is InChI=1S/C26H33N3O7.C2HF3O2/c1-26(2,3)11-28-10-13-9-16(29(4)5)14-6-12(8-17(30)18(14)20(13)31)7-15-21(32)23(34)19(25(27)36)24(35)22(15)33;3-2(4,5)1(6)7/h9,12,28,31-32,35H,6-8,10-11H2,1-5H3,(H2,27,36);(H,6,7)/t12-;/m0./s1. The van der Waals surface area contributed by atoms with Crippen LogP contribution in [-0.4, -0.2) is 76.5 Å². The van der Waals surface area contributed by atoms with Gasteiger partial charge in [-0.1, -0.05) is 20.8 Å². The molecule has 3 rings (SSSR count). The smallest absolute Gasteiger partial charge is 0.490 e. The number of allylic oxidation sites excluding steroid dienone is 2. The molecule has 1 aromatic carbocycles. The molecule has 15 heteroatoms. The number of phenolic OH excluding ortho intramolecular Hbond substituents is 1. The molecule has 0 saturated carbocycles. The number of amides is 1. The SMILES string of the molecule is CN(C)c1cc(CNCC(C)(C)C)c(O)c2c1C[C@@H](CC1=C(O)C(=O)C(C(N)=O)=C(O)C1=O)CC2=O.O=C(O)C(F)(F)F. The number of aliphatic hydroxyl groups is 2. The van der Waals surface area contributed by atoms with Gasteiger partial charge in [0.15, 0.2) is 17.3 Å². The molecule has 7 N–H and O–H groups in total. The van der Waals surface area contributed by atoms with Crippen LogP contribution in [0.1, 0.15) is 55.1 Å². The van der Waals surface area contributed by atoms with Gasteiger partial charge in [0.25, 0.3) is 5.91 Å². The highest BCUT2D eigenvalue weighted by Crippen LogP contribution is 2.42. The lowest BCUT2D eigenvalue weighted by Gasteiger charge is -2.30. The van der Waals surface area contributed by atoms with E-state index < -0.39 is 52.6 Å². The summed E-state index contributed by atoms with van der Waals surface area (Å²) in [6.45, 7) is 7.34. The summed E-state index contributed by atoms with van der Waals surface area (Å²) in [4.78, 5) is 60.3. The number of anilines is 1. The van der Waals surface area contributed by atoms with E-state index in [1.807, 2.05) is 25.1 Å². The highest BCUT2D eigenvalue weighted by Gasteiger charge is 2.40. The quantitative estimate of drug-likeness (QED) is 0.195. The molecule has 0 aliphatic heterocycles. The van der Waals surface area contributed by atoms with Crippen LogP contribution < -0.4 is 16.0 Å². The van der Waals surface area contributed by atoms with E-state index >= 15 is 0 Å². The zero-order chi connectivity index (χ0) is 33.2. The van der Waals surface area contributed by atoms with E-state index in [0.717, 1.165) is 5.69 Å². The fourth-order valence-electron chi connectivity index (χ4n) is 4.67. The van der Waals surface area contributed by atoms with Gasteiger partial charge in [-0.25, -0.2) is 4.79 Å². The molecule has 0 bridgehead atoms. The number of Topliss-reactive ketones (excluding diaryl/α,β-unsaturated/α-hetero) is 3. The summed E-state index contributed by atoms with van der Waals surface area (Å²) >= 11 is 0. The number of phenols is 1. The Balaban J connectivity index is 0.000000821. The lowest BCUT2D eigenvalue weighted by atomic mass is 9.76. The van der Waals surface area contributed by atoms with Crippen molar-refractivity contribution in [3.8, 4) is 5.75 Å². The lowest BCUT2D eigenvalue weighted by molar-refractivity contribution is -0.192. The Morgan fingerprint density at radius 3 is 2.05 bits per heavy atom. The van der Waals surface area contributed by atoms with Crippen molar-refractivity contribution in [3.05, 3.63) is 45.4 Å². The van der Waals surface area contributed by atoms with Gasteiger partial charge < -0.3 is 36.4 Å². The first kappa shape index (κ1) is 34.8. The minimum atomic E-state index is -5.08. The third-order valence-corrected chi connectivity index (χ3v) is 6.60. The Labute approximate surface area is 244 Å². The number of halogens is 3. The van der Waals surface area contributed by atoms with Gasteiger partial charge in [-0.2, -0.15) is 13.2 Å². The number of carboxylic acid groups (broad SMARTS) is 1.